The van der Waals surface area contributed by atoms with Crippen LogP contribution in [0.15, 0.2) is 18.2 Å². The van der Waals surface area contributed by atoms with E-state index >= 15 is 0 Å². The van der Waals surface area contributed by atoms with Crippen LogP contribution in [-0.2, 0) is 4.74 Å². The summed E-state index contributed by atoms with van der Waals surface area (Å²) >= 11 is 0. The van der Waals surface area contributed by atoms with Gasteiger partial charge in [-0.3, -0.25) is 0 Å². The number of benzene rings is 1. The first-order valence-electron chi connectivity index (χ1n) is 5.04. The molecule has 3 heteroatoms. The molecule has 0 N–H and O–H groups in total. The summed E-state index contributed by atoms with van der Waals surface area (Å²) in [5.74, 6) is 1.63. The number of hydrogen-bond donors (Lipinski definition) is 0. The molecule has 3 nitrogen and oxygen atoms in total. The molecular formula is C12H15O3. The molecule has 1 radical (unpaired) electrons. The third-order valence-corrected chi connectivity index (χ3v) is 2.59. The molecule has 1 unspecified atom stereocenters. The molecule has 0 bridgehead atoms. The van der Waals surface area contributed by atoms with Crippen LogP contribution in [0.25, 0.3) is 0 Å². The van der Waals surface area contributed by atoms with Crippen LogP contribution in [0.3, 0.4) is 0 Å². The molecule has 0 saturated carbocycles. The molecular weight excluding hydrogens is 192 g/mol. The van der Waals surface area contributed by atoms with E-state index in [0.717, 1.165) is 29.9 Å². The molecule has 0 amide bonds. The smallest absolute Gasteiger partial charge is 0.128 e. The van der Waals surface area contributed by atoms with Crippen molar-refractivity contribution in [2.24, 2.45) is 0 Å². The van der Waals surface area contributed by atoms with Crippen molar-refractivity contribution in [2.75, 3.05) is 14.2 Å². The lowest BCUT2D eigenvalue weighted by Gasteiger charge is -2.14. The molecule has 1 aromatic rings. The maximum atomic E-state index is 5.51. The second-order valence-electron chi connectivity index (χ2n) is 3.48. The van der Waals surface area contributed by atoms with E-state index < -0.39 is 0 Å². The Kier molecular flexibility index (Phi) is 3.11. The minimum absolute atomic E-state index is 0.130. The van der Waals surface area contributed by atoms with Gasteiger partial charge in [0.2, 0.25) is 0 Å². The van der Waals surface area contributed by atoms with Crippen LogP contribution in [0.4, 0.5) is 0 Å². The number of hydrogen-bond acceptors (Lipinski definition) is 3. The molecule has 0 aromatic heterocycles. The Morgan fingerprint density at radius 3 is 2.73 bits per heavy atom. The highest BCUT2D eigenvalue weighted by atomic mass is 16.5. The van der Waals surface area contributed by atoms with Crippen LogP contribution in [-0.4, -0.2) is 14.2 Å². The molecule has 1 aromatic carbocycles. The van der Waals surface area contributed by atoms with Gasteiger partial charge in [-0.15, -0.1) is 0 Å². The summed E-state index contributed by atoms with van der Waals surface area (Å²) in [5, 5.41) is 0. The summed E-state index contributed by atoms with van der Waals surface area (Å²) in [7, 11) is 3.31. The van der Waals surface area contributed by atoms with Gasteiger partial charge >= 0.3 is 0 Å². The first-order chi connectivity index (χ1) is 7.35. The van der Waals surface area contributed by atoms with Crippen molar-refractivity contribution in [1.29, 1.82) is 0 Å². The maximum absolute atomic E-state index is 5.51. The Morgan fingerprint density at radius 1 is 1.27 bits per heavy atom. The Balaban J connectivity index is 2.29. The fourth-order valence-electron chi connectivity index (χ4n) is 1.78. The Labute approximate surface area is 90.0 Å². The van der Waals surface area contributed by atoms with E-state index in [1.165, 1.54) is 0 Å². The maximum Gasteiger partial charge on any atom is 0.128 e. The van der Waals surface area contributed by atoms with Crippen LogP contribution in [0.1, 0.15) is 24.5 Å². The van der Waals surface area contributed by atoms with Crippen molar-refractivity contribution < 1.29 is 14.2 Å². The van der Waals surface area contributed by atoms with E-state index in [1.54, 1.807) is 14.2 Å². The van der Waals surface area contributed by atoms with Crippen molar-refractivity contribution in [3.8, 4) is 11.5 Å². The first kappa shape index (κ1) is 10.3. The van der Waals surface area contributed by atoms with E-state index in [4.69, 9.17) is 14.2 Å². The van der Waals surface area contributed by atoms with Gasteiger partial charge in [-0.25, -0.2) is 0 Å². The minimum Gasteiger partial charge on any atom is -0.497 e. The van der Waals surface area contributed by atoms with E-state index in [-0.39, 0.29) is 6.10 Å². The second-order valence-corrected chi connectivity index (χ2v) is 3.48. The van der Waals surface area contributed by atoms with Gasteiger partial charge in [0.15, 0.2) is 0 Å². The highest BCUT2D eigenvalue weighted by molar-refractivity contribution is 5.42. The second kappa shape index (κ2) is 4.53. The highest BCUT2D eigenvalue weighted by Crippen LogP contribution is 2.37. The summed E-state index contributed by atoms with van der Waals surface area (Å²) in [4.78, 5) is 0. The number of ether oxygens (including phenoxy) is 3. The minimum atomic E-state index is 0.130. The van der Waals surface area contributed by atoms with Crippen LogP contribution < -0.4 is 9.47 Å². The normalized spacial score (nSPS) is 20.3. The standard InChI is InChI=1S/C12H15O3/c1-13-9-5-6-10(12(8-9)14-2)11-4-3-7-15-11/h5-8,11H,3-4H2,1-2H3. The summed E-state index contributed by atoms with van der Waals surface area (Å²) in [6, 6.07) is 5.82. The molecule has 1 saturated heterocycles. The highest BCUT2D eigenvalue weighted by Gasteiger charge is 2.21. The van der Waals surface area contributed by atoms with Gasteiger partial charge in [-0.2, -0.15) is 0 Å². The van der Waals surface area contributed by atoms with Crippen molar-refractivity contribution in [2.45, 2.75) is 18.9 Å². The zero-order valence-corrected chi connectivity index (χ0v) is 9.03. The summed E-state index contributed by atoms with van der Waals surface area (Å²) < 4.78 is 16.0. The number of methoxy groups -OCH3 is 2. The predicted octanol–water partition coefficient (Wildman–Crippen LogP) is 2.72. The average Bonchev–Trinajstić information content (AvgIpc) is 2.81. The van der Waals surface area contributed by atoms with Crippen LogP contribution >= 0.6 is 0 Å². The molecule has 1 atom stereocenters. The molecule has 2 rings (SSSR count). The van der Waals surface area contributed by atoms with E-state index in [2.05, 4.69) is 0 Å². The quantitative estimate of drug-likeness (QED) is 0.762. The van der Waals surface area contributed by atoms with Gasteiger partial charge < -0.3 is 14.2 Å². The Bertz CT molecular complexity index is 330. The third-order valence-electron chi connectivity index (χ3n) is 2.59. The van der Waals surface area contributed by atoms with E-state index in [0.29, 0.717) is 0 Å². The summed E-state index contributed by atoms with van der Waals surface area (Å²) in [6.07, 6.45) is 2.15. The van der Waals surface area contributed by atoms with Crippen molar-refractivity contribution in [3.63, 3.8) is 0 Å². The third kappa shape index (κ3) is 2.07. The van der Waals surface area contributed by atoms with Gasteiger partial charge in [0.05, 0.1) is 26.9 Å². The zero-order chi connectivity index (χ0) is 10.7. The Morgan fingerprint density at radius 2 is 2.13 bits per heavy atom. The monoisotopic (exact) mass is 207 g/mol. The topological polar surface area (TPSA) is 27.7 Å². The van der Waals surface area contributed by atoms with Crippen molar-refractivity contribution in [3.05, 3.63) is 30.4 Å². The van der Waals surface area contributed by atoms with E-state index in [9.17, 15) is 0 Å². The van der Waals surface area contributed by atoms with Crippen LogP contribution in [0.5, 0.6) is 11.5 Å². The van der Waals surface area contributed by atoms with Crippen LogP contribution in [0, 0.1) is 6.61 Å². The molecule has 0 spiro atoms. The predicted molar refractivity (Wildman–Crippen MR) is 56.9 cm³/mol. The number of rotatable bonds is 3. The van der Waals surface area contributed by atoms with Crippen LogP contribution in [0.2, 0.25) is 0 Å². The summed E-state index contributed by atoms with van der Waals surface area (Å²) in [6.45, 7) is 1.86. The van der Waals surface area contributed by atoms with Gasteiger partial charge in [0.25, 0.3) is 0 Å². The lowest BCUT2D eigenvalue weighted by atomic mass is 10.1. The largest absolute Gasteiger partial charge is 0.497 e. The average molecular weight is 207 g/mol. The van der Waals surface area contributed by atoms with Crippen molar-refractivity contribution >= 4 is 0 Å². The molecule has 81 valence electrons. The molecule has 1 aliphatic rings. The molecule has 1 heterocycles. The molecule has 0 aliphatic carbocycles. The molecule has 1 fully saturated rings. The van der Waals surface area contributed by atoms with E-state index in [1.807, 2.05) is 24.8 Å². The van der Waals surface area contributed by atoms with Gasteiger partial charge in [-0.05, 0) is 25.0 Å². The SMILES string of the molecule is COc1ccc(C2CC[CH]O2)c(OC)c1. The molecule has 15 heavy (non-hydrogen) atoms. The summed E-state index contributed by atoms with van der Waals surface area (Å²) in [5.41, 5.74) is 1.09. The van der Waals surface area contributed by atoms with Crippen molar-refractivity contribution in [1.82, 2.24) is 0 Å². The fourth-order valence-corrected chi connectivity index (χ4v) is 1.78. The Hall–Kier alpha value is -1.22. The molecule has 1 aliphatic heterocycles. The van der Waals surface area contributed by atoms with Gasteiger partial charge in [-0.1, -0.05) is 0 Å². The lowest BCUT2D eigenvalue weighted by Crippen LogP contribution is -1.99. The first-order valence-corrected chi connectivity index (χ1v) is 5.04. The van der Waals surface area contributed by atoms with Gasteiger partial charge in [0.1, 0.15) is 11.5 Å². The fraction of sp³-hybridized carbons (Fsp3) is 0.417. The van der Waals surface area contributed by atoms with Gasteiger partial charge in [0, 0.05) is 11.6 Å². The lowest BCUT2D eigenvalue weighted by molar-refractivity contribution is 0.152. The zero-order valence-electron chi connectivity index (χ0n) is 9.03.